The third kappa shape index (κ3) is 4.07. The molecule has 4 N–H and O–H groups in total. The lowest BCUT2D eigenvalue weighted by Crippen LogP contribution is -2.67. The number of phenolic OH excluding ortho intramolecular Hbond substituents is 1. The van der Waals surface area contributed by atoms with Crippen LogP contribution in [0.1, 0.15) is 96.1 Å². The highest BCUT2D eigenvalue weighted by Gasteiger charge is 2.71. The molecule has 0 spiro atoms. The first-order valence-electron chi connectivity index (χ1n) is 13.9. The molecule has 7 heteroatoms. The number of hydrogen-bond donors (Lipinski definition) is 4. The predicted octanol–water partition coefficient (Wildman–Crippen LogP) is 5.72. The van der Waals surface area contributed by atoms with E-state index in [4.69, 9.17) is 0 Å². The fourth-order valence-electron chi connectivity index (χ4n) is 7.78. The van der Waals surface area contributed by atoms with Crippen molar-refractivity contribution in [3.63, 3.8) is 0 Å². The molecule has 0 saturated heterocycles. The minimum Gasteiger partial charge on any atom is -0.511 e. The van der Waals surface area contributed by atoms with Crippen LogP contribution in [-0.4, -0.2) is 43.4 Å². The molecule has 0 aliphatic heterocycles. The van der Waals surface area contributed by atoms with Gasteiger partial charge in [-0.1, -0.05) is 60.6 Å². The Labute approximate surface area is 230 Å². The van der Waals surface area contributed by atoms with Gasteiger partial charge in [-0.2, -0.15) is 0 Å². The van der Waals surface area contributed by atoms with Crippen LogP contribution in [0.2, 0.25) is 0 Å². The van der Waals surface area contributed by atoms with Gasteiger partial charge in [0.15, 0.2) is 17.2 Å². The lowest BCUT2D eigenvalue weighted by atomic mass is 9.44. The molecule has 1 unspecified atom stereocenters. The largest absolute Gasteiger partial charge is 0.511 e. The zero-order valence-corrected chi connectivity index (χ0v) is 24.4. The number of aromatic hydroxyl groups is 1. The molecule has 1 aromatic carbocycles. The number of hydrogen-bond acceptors (Lipinski definition) is 7. The van der Waals surface area contributed by atoms with E-state index in [1.165, 1.54) is 0 Å². The molecular formula is C32H42O7. The van der Waals surface area contributed by atoms with Gasteiger partial charge in [0.05, 0.1) is 5.56 Å². The van der Waals surface area contributed by atoms with E-state index in [0.29, 0.717) is 17.5 Å². The minimum absolute atomic E-state index is 0.0864. The van der Waals surface area contributed by atoms with Crippen LogP contribution in [0.3, 0.4) is 0 Å². The number of phenols is 1. The van der Waals surface area contributed by atoms with Crippen LogP contribution in [0, 0.1) is 28.1 Å². The Morgan fingerprint density at radius 2 is 1.72 bits per heavy atom. The van der Waals surface area contributed by atoms with E-state index in [9.17, 15) is 34.8 Å². The quantitative estimate of drug-likeness (QED) is 0.353. The monoisotopic (exact) mass is 538 g/mol. The van der Waals surface area contributed by atoms with Crippen molar-refractivity contribution < 1.29 is 34.8 Å². The average Bonchev–Trinajstić information content (AvgIpc) is 2.76. The van der Waals surface area contributed by atoms with Gasteiger partial charge < -0.3 is 20.4 Å². The fourth-order valence-corrected chi connectivity index (χ4v) is 7.78. The second-order valence-corrected chi connectivity index (χ2v) is 14.0. The second kappa shape index (κ2) is 9.05. The topological polar surface area (TPSA) is 132 Å². The minimum atomic E-state index is -2.59. The molecule has 3 aliphatic rings. The van der Waals surface area contributed by atoms with Crippen molar-refractivity contribution in [2.75, 3.05) is 0 Å². The van der Waals surface area contributed by atoms with Crippen LogP contribution in [-0.2, 0) is 22.4 Å². The summed E-state index contributed by atoms with van der Waals surface area (Å²) in [4.78, 5) is 40.3. The smallest absolute Gasteiger partial charge is 0.209 e. The molecular weight excluding hydrogens is 496 g/mol. The Morgan fingerprint density at radius 3 is 2.26 bits per heavy atom. The number of fused-ring (bicyclic) bond motifs is 3. The van der Waals surface area contributed by atoms with E-state index < -0.39 is 51.0 Å². The van der Waals surface area contributed by atoms with E-state index in [1.807, 2.05) is 32.9 Å². The highest BCUT2D eigenvalue weighted by atomic mass is 16.3. The Hall–Kier alpha value is -2.93. The van der Waals surface area contributed by atoms with Gasteiger partial charge in [0, 0.05) is 22.3 Å². The maximum absolute atomic E-state index is 14.1. The lowest BCUT2D eigenvalue weighted by molar-refractivity contribution is -0.171. The highest BCUT2D eigenvalue weighted by molar-refractivity contribution is 6.25. The molecule has 0 fully saturated rings. The zero-order valence-electron chi connectivity index (χ0n) is 24.4. The first-order valence-corrected chi connectivity index (χ1v) is 13.9. The molecule has 39 heavy (non-hydrogen) atoms. The number of aliphatic hydroxyl groups is 3. The van der Waals surface area contributed by atoms with Gasteiger partial charge in [-0.15, -0.1) is 0 Å². The van der Waals surface area contributed by atoms with Crippen molar-refractivity contribution in [3.05, 3.63) is 51.5 Å². The molecule has 0 aromatic heterocycles. The Kier molecular flexibility index (Phi) is 6.74. The summed E-state index contributed by atoms with van der Waals surface area (Å²) in [6, 6.07) is 3.69. The number of carbonyl (C=O) groups is 3. The van der Waals surface area contributed by atoms with E-state index in [-0.39, 0.29) is 46.8 Å². The molecule has 0 bridgehead atoms. The molecule has 3 aliphatic carbocycles. The third-order valence-electron chi connectivity index (χ3n) is 9.33. The summed E-state index contributed by atoms with van der Waals surface area (Å²) in [5.74, 6) is -4.86. The number of benzene rings is 1. The lowest BCUT2D eigenvalue weighted by Gasteiger charge is -2.59. The van der Waals surface area contributed by atoms with E-state index >= 15 is 0 Å². The van der Waals surface area contributed by atoms with Gasteiger partial charge in [-0.05, 0) is 61.5 Å². The van der Waals surface area contributed by atoms with Crippen molar-refractivity contribution >= 4 is 17.3 Å². The van der Waals surface area contributed by atoms with Gasteiger partial charge in [0.1, 0.15) is 22.8 Å². The molecule has 212 valence electrons. The average molecular weight is 539 g/mol. The fraction of sp³-hybridized carbons (Fsp3) is 0.594. The molecule has 0 saturated carbocycles. The van der Waals surface area contributed by atoms with Gasteiger partial charge in [0.25, 0.3) is 0 Å². The van der Waals surface area contributed by atoms with E-state index in [1.54, 1.807) is 6.92 Å². The molecule has 0 amide bonds. The van der Waals surface area contributed by atoms with Gasteiger partial charge in [-0.25, -0.2) is 0 Å². The summed E-state index contributed by atoms with van der Waals surface area (Å²) < 4.78 is 0. The number of carbonyl (C=O) groups excluding carboxylic acids is 3. The second-order valence-electron chi connectivity index (χ2n) is 14.0. The maximum Gasteiger partial charge on any atom is 0.209 e. The van der Waals surface area contributed by atoms with Crippen molar-refractivity contribution in [3.8, 4) is 5.75 Å². The molecule has 0 radical (unpaired) electrons. The van der Waals surface area contributed by atoms with Crippen LogP contribution in [0.25, 0.3) is 0 Å². The van der Waals surface area contributed by atoms with Crippen LogP contribution in [0.15, 0.2) is 34.8 Å². The zero-order chi connectivity index (χ0) is 29.5. The molecule has 0 heterocycles. The van der Waals surface area contributed by atoms with Crippen LogP contribution < -0.4 is 0 Å². The third-order valence-corrected chi connectivity index (χ3v) is 9.33. The molecule has 1 aromatic rings. The highest BCUT2D eigenvalue weighted by Crippen LogP contribution is 2.65. The number of rotatable bonds is 5. The number of allylic oxidation sites excluding steroid dienone is 2. The summed E-state index contributed by atoms with van der Waals surface area (Å²) >= 11 is 0. The van der Waals surface area contributed by atoms with Crippen LogP contribution in [0.5, 0.6) is 5.75 Å². The van der Waals surface area contributed by atoms with Crippen LogP contribution >= 0.6 is 0 Å². The van der Waals surface area contributed by atoms with Gasteiger partial charge >= 0.3 is 0 Å². The first kappa shape index (κ1) is 29.1. The summed E-state index contributed by atoms with van der Waals surface area (Å²) in [5.41, 5.74) is -4.15. The molecule has 7 nitrogen and oxygen atoms in total. The summed E-state index contributed by atoms with van der Waals surface area (Å²) in [6.45, 7) is 14.6. The Morgan fingerprint density at radius 1 is 1.10 bits per heavy atom. The van der Waals surface area contributed by atoms with Crippen LogP contribution in [0.4, 0.5) is 0 Å². The summed E-state index contributed by atoms with van der Waals surface area (Å²) in [5, 5.41) is 46.2. The maximum atomic E-state index is 14.1. The first-order chi connectivity index (χ1) is 17.8. The Bertz CT molecular complexity index is 1340. The van der Waals surface area contributed by atoms with Gasteiger partial charge in [-0.3, -0.25) is 14.4 Å². The number of aliphatic hydroxyl groups excluding tert-OH is 2. The van der Waals surface area contributed by atoms with Crippen molar-refractivity contribution in [2.24, 2.45) is 28.1 Å². The van der Waals surface area contributed by atoms with Crippen molar-refractivity contribution in [1.29, 1.82) is 0 Å². The number of aryl methyl sites for hydroxylation is 1. The Balaban J connectivity index is 1.91. The van der Waals surface area contributed by atoms with Crippen molar-refractivity contribution in [1.82, 2.24) is 0 Å². The SMILES string of the molecule is CC(=O)C1=C(O)C(C(C)C)[C@@]2(C)C[C@@]3(C)Cc4ccc(CCCC(C)(C)C)c(O)c4C(=O)C3=C(O)[C@@]2(O)C1=O. The van der Waals surface area contributed by atoms with Crippen molar-refractivity contribution in [2.45, 2.75) is 93.1 Å². The predicted molar refractivity (Wildman–Crippen MR) is 148 cm³/mol. The van der Waals surface area contributed by atoms with E-state index in [2.05, 4.69) is 20.8 Å². The molecule has 4 rings (SSSR count). The van der Waals surface area contributed by atoms with Gasteiger partial charge in [0.2, 0.25) is 5.78 Å². The normalized spacial score (nSPS) is 30.9. The summed E-state index contributed by atoms with van der Waals surface area (Å²) in [6.07, 6.45) is 2.72. The number of ketones is 3. The molecule has 4 atom stereocenters. The number of Topliss-reactive ketones (excluding diaryl/α,β-unsaturated/α-hetero) is 3. The standard InChI is InChI=1S/C32H42O7/c1-16(2)22-25(35)20(17(3)33)27(37)32(39)28(38)23-26(36)21-19(14-30(23,7)15-31(22,32)8)12-11-18(24(21)34)10-9-13-29(4,5)6/h11-12,16,22,34-35,38-39H,9-10,13-15H2,1-8H3/t22?,30-,31-,32+/m1/s1. The van der Waals surface area contributed by atoms with E-state index in [0.717, 1.165) is 19.8 Å². The summed E-state index contributed by atoms with van der Waals surface area (Å²) in [7, 11) is 0.